The lowest BCUT2D eigenvalue weighted by molar-refractivity contribution is -0.184. The quantitative estimate of drug-likeness (QED) is 0.0988. The zero-order valence-electron chi connectivity index (χ0n) is 67.4. The van der Waals surface area contributed by atoms with Crippen LogP contribution in [-0.4, -0.2) is 275 Å². The fourth-order valence-corrected chi connectivity index (χ4v) is 22.4. The first-order valence-corrected chi connectivity index (χ1v) is 48.4. The number of H-pyrrole nitrogens is 3. The molecular weight excluding hydrogens is 1930 g/mol. The van der Waals surface area contributed by atoms with E-state index in [1.54, 1.807) is 12.1 Å². The summed E-state index contributed by atoms with van der Waals surface area (Å²) in [7, 11) is -30.2. The van der Waals surface area contributed by atoms with Gasteiger partial charge in [-0.05, 0) is 18.2 Å². The molecule has 12 aromatic heterocycles. The summed E-state index contributed by atoms with van der Waals surface area (Å²) in [6.45, 7) is -4.85. The number of imidazole rings is 6. The van der Waals surface area contributed by atoms with Crippen LogP contribution in [0.5, 0.6) is 0 Å². The number of pyridine rings is 3. The second-order valence-electron chi connectivity index (χ2n) is 31.2. The number of aromatic nitrogens is 21. The van der Waals surface area contributed by atoms with Crippen LogP contribution in [0.3, 0.4) is 0 Å². The van der Waals surface area contributed by atoms with Gasteiger partial charge in [-0.1, -0.05) is 0 Å². The van der Waals surface area contributed by atoms with Crippen LogP contribution in [0.4, 0.5) is 48.1 Å². The van der Waals surface area contributed by atoms with Gasteiger partial charge in [-0.15, -0.1) is 0 Å². The third-order valence-corrected chi connectivity index (χ3v) is 28.6. The molecule has 134 heavy (non-hydrogen) atoms. The van der Waals surface area contributed by atoms with Crippen molar-refractivity contribution in [1.29, 1.82) is 0 Å². The van der Waals surface area contributed by atoms with E-state index in [0.717, 1.165) is 26.4 Å². The number of halogens is 3. The van der Waals surface area contributed by atoms with Crippen LogP contribution in [0.15, 0.2) is 89.1 Å². The molecule has 22 rings (SSSR count). The number of phosphoric acid groups is 6. The fourth-order valence-electron chi connectivity index (χ4n) is 16.7. The Kier molecular flexibility index (Phi) is 23.4. The van der Waals surface area contributed by atoms with E-state index in [4.69, 9.17) is 122 Å². The molecule has 70 heteroatoms. The summed E-state index contributed by atoms with van der Waals surface area (Å²) < 4.78 is 238. The van der Waals surface area contributed by atoms with Crippen molar-refractivity contribution in [3.63, 3.8) is 0 Å². The number of nitrogens with one attached hydrogen (secondary N) is 3. The number of rotatable bonds is 6. The average molecular weight is 2010 g/mol. The van der Waals surface area contributed by atoms with Crippen LogP contribution in [0.2, 0.25) is 0 Å². The van der Waals surface area contributed by atoms with E-state index in [9.17, 15) is 71.1 Å². The Labute approximate surface area is 739 Å². The van der Waals surface area contributed by atoms with Crippen molar-refractivity contribution in [1.82, 2.24) is 102 Å². The molecule has 21 N–H and O–H groups in total. The smallest absolute Gasteiger partial charge is 0.397 e. The standard InChI is InChI=1S/C22H25N9O12P2.C21H23F2N9O11P2.C21H24FN9O11P2/c23-10-1-2-25-16-12(10)26-7-30(16)20-14-15-22(41-20,5-37-14)6-39-45(35,36)42-11-3-9(4-38-44(33,34)43-15)40-19(11)31-8-27-13-17(31)28-21(24)29-18(13)32;22-10-8-3-38-44(34,35)42-14-9(41-19(11(14)23)31-5-27-12-7(24)1-2-26-16(12)31)4-39-45(36,37)43-15(10)20(40-8)32-6-28-13-17(32)29-21(25)30-18(13)33;22-13-11-5-38-43(33,34)41-9-3-12(30-6-26-14-8(23)1-2-25-17(14)30)39-10(9)4-37-44(35,36)42-16(13)20(40-11)31-7-27-15-18(31)28-21(24)29-19(15)32/h1-2,7-9,11,14-15,19-20H,3-6H2,(H2,23,25)(H,33,34)(H,35,36)(H3,24,28,29,32);1-2,5-6,8-11,14-15,19-20H,3-4H2,(H2,24,26)(H,34,35)(H,36,37)(H3,25,29,30,33);1-2,6-7,9-13,16,20H,3-5H2,(H2,23,25)(H,33,34)(H,35,36)(H3,24,28,29,32)/t9-,11-,14-,15?,19+,20+,22+;8-,9-,10?,11+,14?,15+,19-,20-;9?,10-,11-,12-,13?,16+,20-/m011/s1. The lowest BCUT2D eigenvalue weighted by Crippen LogP contribution is -2.45. The number of aromatic amines is 3. The summed E-state index contributed by atoms with van der Waals surface area (Å²) in [4.78, 5) is 157. The third kappa shape index (κ3) is 17.2. The number of fused-ring (bicyclic) bond motifs is 14. The molecule has 0 saturated carbocycles. The van der Waals surface area contributed by atoms with Crippen molar-refractivity contribution in [2.75, 3.05) is 80.7 Å². The number of hydrogen-bond donors (Lipinski definition) is 15. The Morgan fingerprint density at radius 2 is 0.739 bits per heavy atom. The molecule has 0 aromatic carbocycles. The van der Waals surface area contributed by atoms with Gasteiger partial charge in [0.1, 0.15) is 95.5 Å². The van der Waals surface area contributed by atoms with Crippen molar-refractivity contribution in [2.45, 2.75) is 148 Å². The van der Waals surface area contributed by atoms with Crippen molar-refractivity contribution in [3.05, 3.63) is 106 Å². The van der Waals surface area contributed by atoms with Crippen LogP contribution >= 0.6 is 46.9 Å². The minimum Gasteiger partial charge on any atom is -0.397 e. The number of nitrogens with zero attached hydrogens (tertiary/aromatic N) is 18. The molecule has 11 unspecified atom stereocenters. The van der Waals surface area contributed by atoms with Crippen LogP contribution < -0.4 is 51.1 Å². The molecule has 10 fully saturated rings. The molecule has 0 spiro atoms. The summed E-state index contributed by atoms with van der Waals surface area (Å²) in [5.74, 6) is -0.818. The number of nitrogens with two attached hydrogens (primary N) is 6. The summed E-state index contributed by atoms with van der Waals surface area (Å²) >= 11 is 0. The molecule has 28 atom stereocenters. The van der Waals surface area contributed by atoms with Crippen molar-refractivity contribution in [3.8, 4) is 0 Å². The van der Waals surface area contributed by atoms with E-state index >= 15 is 13.2 Å². The van der Waals surface area contributed by atoms with Crippen molar-refractivity contribution in [2.24, 2.45) is 0 Å². The molecule has 12 aromatic rings. The molecule has 10 saturated heterocycles. The summed E-state index contributed by atoms with van der Waals surface area (Å²) in [5, 5.41) is 0. The Hall–Kier alpha value is -10.1. The van der Waals surface area contributed by atoms with Gasteiger partial charge in [0.2, 0.25) is 17.8 Å². The van der Waals surface area contributed by atoms with E-state index in [1.807, 2.05) is 0 Å². The van der Waals surface area contributed by atoms with Gasteiger partial charge >= 0.3 is 46.9 Å². The molecule has 0 aliphatic carbocycles. The van der Waals surface area contributed by atoms with Crippen molar-refractivity contribution < 1.29 is 157 Å². The molecule has 61 nitrogen and oxygen atoms in total. The zero-order chi connectivity index (χ0) is 94.1. The van der Waals surface area contributed by atoms with Crippen molar-refractivity contribution >= 4 is 149 Å². The predicted molar refractivity (Wildman–Crippen MR) is 433 cm³/mol. The maximum atomic E-state index is 15.9. The zero-order valence-corrected chi connectivity index (χ0v) is 72.7. The van der Waals surface area contributed by atoms with Gasteiger partial charge in [0.25, 0.3) is 16.7 Å². The predicted octanol–water partition coefficient (Wildman–Crippen LogP) is 0.189. The fraction of sp³-hybridized carbons (Fsp3) is 0.484. The van der Waals surface area contributed by atoms with Gasteiger partial charge < -0.3 is 96.9 Å². The number of anilines is 6. The van der Waals surface area contributed by atoms with Gasteiger partial charge in [-0.2, -0.15) is 15.0 Å². The Balaban J connectivity index is 0.000000125. The molecule has 10 aliphatic heterocycles. The summed E-state index contributed by atoms with van der Waals surface area (Å²) in [6, 6.07) is 4.60. The third-order valence-electron chi connectivity index (χ3n) is 22.7. The van der Waals surface area contributed by atoms with Gasteiger partial charge in [0, 0.05) is 31.4 Å². The number of nitrogen functional groups attached to an aromatic ring is 6. The van der Waals surface area contributed by atoms with E-state index < -0.39 is 238 Å². The first-order chi connectivity index (χ1) is 63.6. The first kappa shape index (κ1) is 91.6. The molecular formula is C64H72F3N27O34P6. The van der Waals surface area contributed by atoms with E-state index in [0.29, 0.717) is 33.7 Å². The summed E-state index contributed by atoms with van der Waals surface area (Å²) in [5.41, 5.74) is 33.0. The Bertz CT molecular complexity index is 7140. The van der Waals surface area contributed by atoms with Gasteiger partial charge in [-0.3, -0.25) is 111 Å². The Morgan fingerprint density at radius 3 is 1.23 bits per heavy atom. The maximum absolute atomic E-state index is 15.9. The number of alkyl halides is 3. The minimum atomic E-state index is -5.23. The first-order valence-electron chi connectivity index (χ1n) is 39.4. The molecule has 22 heterocycles. The Morgan fingerprint density at radius 1 is 0.358 bits per heavy atom. The lowest BCUT2D eigenvalue weighted by Gasteiger charge is -2.32. The minimum absolute atomic E-state index is 0.00642. The van der Waals surface area contributed by atoms with E-state index in [2.05, 4.69) is 74.8 Å². The van der Waals surface area contributed by atoms with Gasteiger partial charge in [0.05, 0.1) is 107 Å². The number of phosphoric ester groups is 6. The molecule has 718 valence electrons. The SMILES string of the molecule is Nc1nc2c(ncn2[C@@H]2O[C@@H]3COP(=O)(O)OC4C[C@H](n5cnc6c(N)ccnc65)O[C@@H]4COP(=O)(O)O[C@H]2C3F)c(=O)[nH]1.Nc1nc2c(ncn2[C@@H]2O[C@@H]3COP(=O)(O)OC4[C@@H](COP(=O)(O)O[C@H]2C3F)O[C@@H](n2cnc3c(N)ccnc32)[C@H]4F)c(=O)[nH]1.Nc1nc2c(ncn2[C@@H]2O[C@@H]3COP(=O)(O)OC4[C@@H]5OC[C@]4(COP(=O)(O)O[C@H]2C3)O[C@H]5n2cnc3c(N)ccnc32)c(=O)[nH]1. The highest BCUT2D eigenvalue weighted by Crippen LogP contribution is 2.61. The highest BCUT2D eigenvalue weighted by atomic mass is 31.2. The van der Waals surface area contributed by atoms with Crippen LogP contribution in [0.1, 0.15) is 50.2 Å². The second-order valence-corrected chi connectivity index (χ2v) is 39.6. The normalized spacial score (nSPS) is 37.6. The second kappa shape index (κ2) is 34.2. The molecule has 8 bridgehead atoms. The van der Waals surface area contributed by atoms with Crippen LogP contribution in [-0.2, 0) is 115 Å². The maximum Gasteiger partial charge on any atom is 0.472 e. The van der Waals surface area contributed by atoms with E-state index in [-0.39, 0.29) is 87.6 Å². The number of ether oxygens (including phenoxy) is 7. The lowest BCUT2D eigenvalue weighted by atomic mass is 10.0. The largest absolute Gasteiger partial charge is 0.472 e. The summed E-state index contributed by atoms with van der Waals surface area (Å²) in [6.07, 6.45) is -20.8. The molecule has 0 amide bonds. The van der Waals surface area contributed by atoms with Crippen LogP contribution in [0.25, 0.3) is 67.0 Å². The van der Waals surface area contributed by atoms with Gasteiger partial charge in [0.15, 0.2) is 100 Å². The van der Waals surface area contributed by atoms with Gasteiger partial charge in [-0.25, -0.2) is 85.4 Å². The monoisotopic (exact) mass is 2010 g/mol. The van der Waals surface area contributed by atoms with Crippen LogP contribution in [0, 0.1) is 0 Å². The van der Waals surface area contributed by atoms with E-state index in [1.165, 1.54) is 63.7 Å². The molecule has 0 radical (unpaired) electrons. The number of hydrogen-bond acceptors (Lipinski definition) is 46. The highest BCUT2D eigenvalue weighted by Gasteiger charge is 2.67. The highest BCUT2D eigenvalue weighted by molar-refractivity contribution is 7.48. The molecule has 10 aliphatic rings. The average Bonchev–Trinajstić information content (AvgIpc) is 1.59. The topological polar surface area (TPSA) is 838 Å².